The van der Waals surface area contributed by atoms with E-state index in [1.165, 1.54) is 88.7 Å². The van der Waals surface area contributed by atoms with Crippen LogP contribution in [-0.2, 0) is 0 Å². The molecular formula is C60H141N5. The van der Waals surface area contributed by atoms with Crippen LogP contribution in [0.4, 0.5) is 0 Å². The molecule has 5 aliphatic rings. The van der Waals surface area contributed by atoms with Gasteiger partial charge in [-0.15, -0.1) is 0 Å². The van der Waals surface area contributed by atoms with Crippen molar-refractivity contribution in [1.29, 1.82) is 0 Å². The molecule has 2 N–H and O–H groups in total. The highest BCUT2D eigenvalue weighted by Gasteiger charge is 2.20. The summed E-state index contributed by atoms with van der Waals surface area (Å²) in [5, 5.41) is 6.64. The summed E-state index contributed by atoms with van der Waals surface area (Å²) in [6.45, 7) is 57.9. The Hall–Kier alpha value is -1.46. The Morgan fingerprint density at radius 1 is 0.538 bits per heavy atom. The first-order valence-corrected chi connectivity index (χ1v) is 25.9. The van der Waals surface area contributed by atoms with Gasteiger partial charge in [-0.1, -0.05) is 255 Å². The molecule has 406 valence electrons. The summed E-state index contributed by atoms with van der Waals surface area (Å²) in [4.78, 5) is 10.8. The van der Waals surface area contributed by atoms with Gasteiger partial charge in [-0.25, -0.2) is 0 Å². The van der Waals surface area contributed by atoms with Gasteiger partial charge in [0.05, 0.1) is 0 Å². The maximum Gasteiger partial charge on any atom is 0.102 e. The Morgan fingerprint density at radius 3 is 1.06 bits per heavy atom. The molecule has 0 spiro atoms. The lowest BCUT2D eigenvalue weighted by Gasteiger charge is -2.30. The van der Waals surface area contributed by atoms with Crippen LogP contribution in [0.3, 0.4) is 0 Å². The second kappa shape index (κ2) is 69.1. The first-order valence-electron chi connectivity index (χ1n) is 25.9. The number of rotatable bonds is 4. The molecule has 4 fully saturated rings. The number of aliphatic imine (C=N–C) groups is 1. The minimum absolute atomic E-state index is 0. The first-order chi connectivity index (χ1) is 28.2. The van der Waals surface area contributed by atoms with Crippen molar-refractivity contribution < 1.29 is 0 Å². The molecule has 0 unspecified atom stereocenters. The number of amidine groups is 1. The van der Waals surface area contributed by atoms with Crippen LogP contribution in [0.15, 0.2) is 29.5 Å². The fourth-order valence-electron chi connectivity index (χ4n) is 5.88. The van der Waals surface area contributed by atoms with Gasteiger partial charge in [0.15, 0.2) is 0 Å². The maximum absolute atomic E-state index is 4.41. The average molecular weight is 933 g/mol. The molecule has 5 nitrogen and oxygen atoms in total. The Labute approximate surface area is 421 Å². The SMILES string of the molecule is C.C.C.C.C.C.CC.CC.CC.CC.CC.CC.CC(C)(C)C1=NCCCN1.CC(C)C1CCC1.CC(C)C1CCCC1.CC(C)N1CCNCC1.CC(C)c1ccncc1.CC1CC1. The fourth-order valence-corrected chi connectivity index (χ4v) is 5.88. The lowest BCUT2D eigenvalue weighted by atomic mass is 9.78. The molecule has 3 heterocycles. The monoisotopic (exact) mass is 932 g/mol. The van der Waals surface area contributed by atoms with Crippen LogP contribution in [0.5, 0.6) is 0 Å². The molecule has 0 radical (unpaired) electrons. The summed E-state index contributed by atoms with van der Waals surface area (Å²) in [5.74, 6) is 6.91. The number of aromatic nitrogens is 1. The van der Waals surface area contributed by atoms with Gasteiger partial charge < -0.3 is 10.6 Å². The van der Waals surface area contributed by atoms with Crippen molar-refractivity contribution in [2.75, 3.05) is 39.3 Å². The molecule has 2 aliphatic heterocycles. The van der Waals surface area contributed by atoms with Crippen LogP contribution in [0.25, 0.3) is 0 Å². The van der Waals surface area contributed by atoms with Crippen molar-refractivity contribution in [2.45, 2.75) is 287 Å². The second-order valence-corrected chi connectivity index (χ2v) is 17.0. The molecule has 3 saturated carbocycles. The van der Waals surface area contributed by atoms with Gasteiger partial charge in [-0.05, 0) is 73.5 Å². The summed E-state index contributed by atoms with van der Waals surface area (Å²) < 4.78 is 0. The molecule has 65 heavy (non-hydrogen) atoms. The van der Waals surface area contributed by atoms with Crippen molar-refractivity contribution in [3.8, 4) is 0 Å². The lowest BCUT2D eigenvalue weighted by molar-refractivity contribution is 0.196. The van der Waals surface area contributed by atoms with Crippen LogP contribution in [0.2, 0.25) is 0 Å². The number of piperazine rings is 1. The van der Waals surface area contributed by atoms with Gasteiger partial charge in [0, 0.05) is 63.1 Å². The van der Waals surface area contributed by atoms with E-state index in [0.29, 0.717) is 5.92 Å². The van der Waals surface area contributed by atoms with E-state index in [4.69, 9.17) is 0 Å². The van der Waals surface area contributed by atoms with E-state index >= 15 is 0 Å². The third-order valence-corrected chi connectivity index (χ3v) is 10.2. The molecule has 5 heteroatoms. The van der Waals surface area contributed by atoms with E-state index in [0.717, 1.165) is 61.8 Å². The van der Waals surface area contributed by atoms with Gasteiger partial charge in [0.2, 0.25) is 0 Å². The van der Waals surface area contributed by atoms with Crippen molar-refractivity contribution in [3.63, 3.8) is 0 Å². The summed E-state index contributed by atoms with van der Waals surface area (Å²) in [6, 6.07) is 4.82. The Kier molecular flexibility index (Phi) is 99.5. The van der Waals surface area contributed by atoms with Crippen LogP contribution in [-0.4, -0.2) is 61.0 Å². The molecule has 3 aliphatic carbocycles. The quantitative estimate of drug-likeness (QED) is 0.316. The van der Waals surface area contributed by atoms with Crippen LogP contribution >= 0.6 is 0 Å². The number of hydrogen-bond acceptors (Lipinski definition) is 5. The minimum atomic E-state index is 0. The lowest BCUT2D eigenvalue weighted by Crippen LogP contribution is -2.46. The predicted molar refractivity (Wildman–Crippen MR) is 318 cm³/mol. The number of nitrogens with zero attached hydrogens (tertiary/aromatic N) is 3. The van der Waals surface area contributed by atoms with E-state index in [1.807, 2.05) is 108 Å². The fraction of sp³-hybridized carbons (Fsp3) is 0.900. The standard InChI is InChI=1S/C8H16N2.C8H11N.C8H16.C7H16N2.C7H14.C4H8.6C2H6.6CH4/c1-8(2,3)7-9-5-4-6-10-7;1-7(2)8-3-5-9-6-4-8;1-7(2)8-5-3-4-6-8;1-7(2)9-5-3-8-4-6-9;1-6(2)7-4-3-5-7;1-4-2-3-4;6*1-2;;;;;;/h4-6H2,1-3H3,(H,9,10);3-7H,1-2H3;7-8H,3-6H2,1-2H3;7-8H,3-6H2,1-2H3;6-7H,3-5H2,1-2H3;4H,2-3H2,1H3;6*1-2H3;6*1H4. The number of pyridine rings is 1. The normalized spacial score (nSPS) is 15.0. The zero-order valence-corrected chi connectivity index (χ0v) is 45.5. The average Bonchev–Trinajstić information content (AvgIpc) is 3.83. The smallest absolute Gasteiger partial charge is 0.102 e. The van der Waals surface area contributed by atoms with E-state index in [-0.39, 0.29) is 50.0 Å². The van der Waals surface area contributed by atoms with Crippen molar-refractivity contribution in [1.82, 2.24) is 20.5 Å². The highest BCUT2D eigenvalue weighted by molar-refractivity contribution is 5.87. The molecular weight excluding hydrogens is 791 g/mol. The topological polar surface area (TPSA) is 52.6 Å². The van der Waals surface area contributed by atoms with E-state index < -0.39 is 0 Å². The highest BCUT2D eigenvalue weighted by Crippen LogP contribution is 2.32. The Bertz CT molecular complexity index is 884. The third kappa shape index (κ3) is 62.5. The Balaban J connectivity index is -0.0000000490. The highest BCUT2D eigenvalue weighted by atomic mass is 15.2. The molecule has 0 atom stereocenters. The number of nitrogens with one attached hydrogen (secondary N) is 2. The molecule has 6 rings (SSSR count). The van der Waals surface area contributed by atoms with Crippen molar-refractivity contribution >= 4 is 5.84 Å². The summed E-state index contributed by atoms with van der Waals surface area (Å²) in [6.07, 6.45) is 18.3. The largest absolute Gasteiger partial charge is 0.373 e. The zero-order chi connectivity index (χ0) is 47.2. The summed E-state index contributed by atoms with van der Waals surface area (Å²) in [5.41, 5.74) is 1.56. The van der Waals surface area contributed by atoms with Crippen LogP contribution in [0, 0.1) is 35.0 Å². The summed E-state index contributed by atoms with van der Waals surface area (Å²) in [7, 11) is 0. The first kappa shape index (κ1) is 93.6. The van der Waals surface area contributed by atoms with Crippen LogP contribution < -0.4 is 10.6 Å². The van der Waals surface area contributed by atoms with Gasteiger partial charge in [0.25, 0.3) is 0 Å². The van der Waals surface area contributed by atoms with E-state index in [2.05, 4.69) is 109 Å². The van der Waals surface area contributed by atoms with Crippen molar-refractivity contribution in [2.24, 2.45) is 40.0 Å². The molecule has 1 saturated heterocycles. The van der Waals surface area contributed by atoms with E-state index in [1.54, 1.807) is 0 Å². The van der Waals surface area contributed by atoms with E-state index in [9.17, 15) is 0 Å². The predicted octanol–water partition coefficient (Wildman–Crippen LogP) is 20.6. The van der Waals surface area contributed by atoms with Gasteiger partial charge >= 0.3 is 0 Å². The summed E-state index contributed by atoms with van der Waals surface area (Å²) >= 11 is 0. The third-order valence-electron chi connectivity index (χ3n) is 10.2. The zero-order valence-electron chi connectivity index (χ0n) is 45.5. The molecule has 1 aromatic heterocycles. The molecule has 1 aromatic rings. The maximum atomic E-state index is 4.41. The molecule has 0 aromatic carbocycles. The second-order valence-electron chi connectivity index (χ2n) is 17.0. The van der Waals surface area contributed by atoms with Crippen molar-refractivity contribution in [3.05, 3.63) is 30.1 Å². The minimum Gasteiger partial charge on any atom is -0.373 e. The van der Waals surface area contributed by atoms with Gasteiger partial charge in [0.1, 0.15) is 5.84 Å². The van der Waals surface area contributed by atoms with Gasteiger partial charge in [-0.3, -0.25) is 14.9 Å². The molecule has 0 amide bonds. The molecule has 0 bridgehead atoms. The van der Waals surface area contributed by atoms with Crippen LogP contribution in [0.1, 0.15) is 286 Å². The Morgan fingerprint density at radius 2 is 0.892 bits per heavy atom. The number of hydrogen-bond donors (Lipinski definition) is 2. The van der Waals surface area contributed by atoms with Gasteiger partial charge in [-0.2, -0.15) is 0 Å².